The highest BCUT2D eigenvalue weighted by atomic mass is 16.1. The van der Waals surface area contributed by atoms with Crippen molar-refractivity contribution in [1.29, 1.82) is 0 Å². The van der Waals surface area contributed by atoms with Crippen LogP contribution < -0.4 is 5.32 Å². The summed E-state index contributed by atoms with van der Waals surface area (Å²) >= 11 is 0. The van der Waals surface area contributed by atoms with Crippen molar-refractivity contribution in [2.24, 2.45) is 0 Å². The number of nitrogens with zero attached hydrogens (tertiary/aromatic N) is 4. The van der Waals surface area contributed by atoms with Gasteiger partial charge < -0.3 is 14.5 Å². The third-order valence-corrected chi connectivity index (χ3v) is 4.38. The van der Waals surface area contributed by atoms with Crippen LogP contribution >= 0.6 is 0 Å². The molecule has 4 aromatic rings. The molecule has 0 radical (unpaired) electrons. The molecule has 6 heteroatoms. The van der Waals surface area contributed by atoms with Crippen LogP contribution in [0.15, 0.2) is 48.8 Å². The maximum absolute atomic E-state index is 12.4. The van der Waals surface area contributed by atoms with Gasteiger partial charge in [-0.1, -0.05) is 12.1 Å². The Morgan fingerprint density at radius 2 is 1.96 bits per heavy atom. The highest BCUT2D eigenvalue weighted by molar-refractivity contribution is 5.93. The summed E-state index contributed by atoms with van der Waals surface area (Å²) in [5.74, 6) is 0.889. The number of para-hydroxylation sites is 2. The summed E-state index contributed by atoms with van der Waals surface area (Å²) in [6, 6.07) is 13.6. The summed E-state index contributed by atoms with van der Waals surface area (Å²) < 4.78 is 4.00. The predicted molar refractivity (Wildman–Crippen MR) is 98.5 cm³/mol. The molecule has 2 heterocycles. The van der Waals surface area contributed by atoms with Gasteiger partial charge in [-0.3, -0.25) is 4.79 Å². The number of rotatable bonds is 4. The monoisotopic (exact) mass is 333 g/mol. The number of anilines is 1. The molecule has 0 aliphatic carbocycles. The van der Waals surface area contributed by atoms with Gasteiger partial charge in [-0.25, -0.2) is 9.97 Å². The minimum Gasteiger partial charge on any atom is -0.329 e. The van der Waals surface area contributed by atoms with Crippen molar-refractivity contribution in [2.45, 2.75) is 26.9 Å². The van der Waals surface area contributed by atoms with Crippen molar-refractivity contribution >= 4 is 33.7 Å². The van der Waals surface area contributed by atoms with E-state index in [9.17, 15) is 4.79 Å². The number of aromatic nitrogens is 4. The van der Waals surface area contributed by atoms with E-state index in [2.05, 4.69) is 26.8 Å². The quantitative estimate of drug-likeness (QED) is 0.623. The van der Waals surface area contributed by atoms with Crippen molar-refractivity contribution in [3.8, 4) is 0 Å². The lowest BCUT2D eigenvalue weighted by Gasteiger charge is -2.07. The predicted octanol–water partition coefficient (Wildman–Crippen LogP) is 3.35. The minimum absolute atomic E-state index is 0.0888. The maximum atomic E-state index is 12.4. The van der Waals surface area contributed by atoms with Crippen LogP contribution in [0.25, 0.3) is 22.1 Å². The SMILES string of the molecule is CCn1c(C)nc2cc(NC(=O)Cn3cnc4ccccc43)ccc21. The van der Waals surface area contributed by atoms with Gasteiger partial charge in [-0.2, -0.15) is 0 Å². The molecule has 1 N–H and O–H groups in total. The number of hydrogen-bond acceptors (Lipinski definition) is 3. The number of benzene rings is 2. The first-order valence-electron chi connectivity index (χ1n) is 8.32. The van der Waals surface area contributed by atoms with Gasteiger partial charge >= 0.3 is 0 Å². The molecule has 2 aromatic carbocycles. The van der Waals surface area contributed by atoms with Crippen molar-refractivity contribution in [2.75, 3.05) is 5.32 Å². The maximum Gasteiger partial charge on any atom is 0.244 e. The van der Waals surface area contributed by atoms with Gasteiger partial charge in [0.1, 0.15) is 12.4 Å². The largest absolute Gasteiger partial charge is 0.329 e. The average Bonchev–Trinajstić information content (AvgIpc) is 3.14. The van der Waals surface area contributed by atoms with Gasteiger partial charge in [0.25, 0.3) is 0 Å². The number of carbonyl (C=O) groups is 1. The van der Waals surface area contributed by atoms with Crippen LogP contribution in [0.1, 0.15) is 12.7 Å². The van der Waals surface area contributed by atoms with Gasteiger partial charge in [0.05, 0.1) is 28.4 Å². The molecule has 6 nitrogen and oxygen atoms in total. The van der Waals surface area contributed by atoms with Crippen LogP contribution in [-0.2, 0) is 17.9 Å². The molecule has 2 aromatic heterocycles. The van der Waals surface area contributed by atoms with E-state index in [0.29, 0.717) is 0 Å². The third kappa shape index (κ3) is 2.76. The zero-order valence-corrected chi connectivity index (χ0v) is 14.2. The molecule has 1 amide bonds. The Balaban J connectivity index is 1.55. The van der Waals surface area contributed by atoms with Crippen molar-refractivity contribution in [3.05, 3.63) is 54.6 Å². The van der Waals surface area contributed by atoms with E-state index in [1.54, 1.807) is 6.33 Å². The fourth-order valence-electron chi connectivity index (χ4n) is 3.22. The first-order chi connectivity index (χ1) is 12.2. The van der Waals surface area contributed by atoms with Gasteiger partial charge in [0.2, 0.25) is 5.91 Å². The number of nitrogens with one attached hydrogen (secondary N) is 1. The molecule has 0 atom stereocenters. The molecule has 0 saturated heterocycles. The number of imidazole rings is 2. The van der Waals surface area contributed by atoms with Crippen molar-refractivity contribution in [3.63, 3.8) is 0 Å². The number of aryl methyl sites for hydroxylation is 2. The third-order valence-electron chi connectivity index (χ3n) is 4.38. The lowest BCUT2D eigenvalue weighted by atomic mass is 10.2. The molecule has 0 aliphatic rings. The number of amides is 1. The van der Waals surface area contributed by atoms with Gasteiger partial charge in [0, 0.05) is 12.2 Å². The fraction of sp³-hybridized carbons (Fsp3) is 0.211. The van der Waals surface area contributed by atoms with Crippen LogP contribution in [0.3, 0.4) is 0 Å². The molecule has 126 valence electrons. The van der Waals surface area contributed by atoms with E-state index in [-0.39, 0.29) is 12.5 Å². The molecule has 0 fully saturated rings. The van der Waals surface area contributed by atoms with E-state index in [0.717, 1.165) is 40.1 Å². The standard InChI is InChI=1S/C19H19N5O/c1-3-24-13(2)21-16-10-14(8-9-18(16)24)22-19(25)11-23-12-20-15-6-4-5-7-17(15)23/h4-10,12H,3,11H2,1-2H3,(H,22,25). The van der Waals surface area contributed by atoms with Crippen LogP contribution in [0, 0.1) is 6.92 Å². The Kier molecular flexibility index (Phi) is 3.72. The summed E-state index contributed by atoms with van der Waals surface area (Å²) in [6.07, 6.45) is 1.69. The molecule has 25 heavy (non-hydrogen) atoms. The van der Waals surface area contributed by atoms with Crippen molar-refractivity contribution < 1.29 is 4.79 Å². The highest BCUT2D eigenvalue weighted by Crippen LogP contribution is 2.20. The van der Waals surface area contributed by atoms with Gasteiger partial charge in [-0.05, 0) is 44.2 Å². The van der Waals surface area contributed by atoms with Crippen LogP contribution in [0.4, 0.5) is 5.69 Å². The molecular formula is C19H19N5O. The Morgan fingerprint density at radius 3 is 2.80 bits per heavy atom. The van der Waals surface area contributed by atoms with E-state index >= 15 is 0 Å². The van der Waals surface area contributed by atoms with Crippen LogP contribution in [-0.4, -0.2) is 25.0 Å². The lowest BCUT2D eigenvalue weighted by Crippen LogP contribution is -2.18. The normalized spacial score (nSPS) is 11.3. The molecule has 0 spiro atoms. The zero-order valence-electron chi connectivity index (χ0n) is 14.2. The summed E-state index contributed by atoms with van der Waals surface area (Å²) in [5.41, 5.74) is 4.56. The van der Waals surface area contributed by atoms with E-state index in [4.69, 9.17) is 0 Å². The van der Waals surface area contributed by atoms with Gasteiger partial charge in [-0.15, -0.1) is 0 Å². The van der Waals surface area contributed by atoms with E-state index in [1.807, 2.05) is 54.0 Å². The topological polar surface area (TPSA) is 64.7 Å². The number of hydrogen-bond donors (Lipinski definition) is 1. The summed E-state index contributed by atoms with van der Waals surface area (Å²) in [4.78, 5) is 21.3. The first-order valence-corrected chi connectivity index (χ1v) is 8.32. The van der Waals surface area contributed by atoms with Crippen LogP contribution in [0.2, 0.25) is 0 Å². The summed E-state index contributed by atoms with van der Waals surface area (Å²) in [6.45, 7) is 5.19. The second-order valence-electron chi connectivity index (χ2n) is 6.02. The average molecular weight is 333 g/mol. The summed E-state index contributed by atoms with van der Waals surface area (Å²) in [5, 5.41) is 2.95. The molecule has 0 aliphatic heterocycles. The lowest BCUT2D eigenvalue weighted by molar-refractivity contribution is -0.116. The van der Waals surface area contributed by atoms with Gasteiger partial charge in [0.15, 0.2) is 0 Å². The van der Waals surface area contributed by atoms with Crippen LogP contribution in [0.5, 0.6) is 0 Å². The van der Waals surface area contributed by atoms with E-state index < -0.39 is 0 Å². The minimum atomic E-state index is -0.0888. The first kappa shape index (κ1) is 15.4. The molecule has 4 rings (SSSR count). The van der Waals surface area contributed by atoms with E-state index in [1.165, 1.54) is 0 Å². The Labute approximate surface area is 145 Å². The fourth-order valence-corrected chi connectivity index (χ4v) is 3.22. The zero-order chi connectivity index (χ0) is 17.4. The second kappa shape index (κ2) is 6.05. The number of fused-ring (bicyclic) bond motifs is 2. The molecule has 0 bridgehead atoms. The molecular weight excluding hydrogens is 314 g/mol. The number of carbonyl (C=O) groups excluding carboxylic acids is 1. The summed E-state index contributed by atoms with van der Waals surface area (Å²) in [7, 11) is 0. The smallest absolute Gasteiger partial charge is 0.244 e. The second-order valence-corrected chi connectivity index (χ2v) is 6.02. The Morgan fingerprint density at radius 1 is 1.12 bits per heavy atom. The molecule has 0 saturated carbocycles. The molecule has 0 unspecified atom stereocenters. The Hall–Kier alpha value is -3.15. The Bertz CT molecular complexity index is 1080. The highest BCUT2D eigenvalue weighted by Gasteiger charge is 2.10. The van der Waals surface area contributed by atoms with Crippen molar-refractivity contribution in [1.82, 2.24) is 19.1 Å².